The van der Waals surface area contributed by atoms with E-state index in [0.29, 0.717) is 0 Å². The maximum atomic E-state index is 2.56. The average Bonchev–Trinajstić information content (AvgIpc) is 2.53. The van der Waals surface area contributed by atoms with Crippen molar-refractivity contribution in [2.45, 2.75) is 13.8 Å². The van der Waals surface area contributed by atoms with Crippen LogP contribution in [0.3, 0.4) is 0 Å². The molecule has 0 atom stereocenters. The summed E-state index contributed by atoms with van der Waals surface area (Å²) < 4.78 is 2.56. The van der Waals surface area contributed by atoms with Gasteiger partial charge in [0.15, 0.2) is 0 Å². The van der Waals surface area contributed by atoms with Crippen molar-refractivity contribution in [1.82, 2.24) is 4.57 Å². The first-order chi connectivity index (χ1) is 9.85. The molecule has 0 aromatic heterocycles. The van der Waals surface area contributed by atoms with Crippen LogP contribution < -0.4 is 0 Å². The van der Waals surface area contributed by atoms with Crippen molar-refractivity contribution in [3.8, 4) is 0 Å². The Balaban J connectivity index is 2.32. The van der Waals surface area contributed by atoms with Crippen LogP contribution in [0.15, 0.2) is 66.4 Å². The van der Waals surface area contributed by atoms with Crippen LogP contribution in [-0.2, 0) is 0 Å². The van der Waals surface area contributed by atoms with Gasteiger partial charge in [-0.05, 0) is 29.8 Å². The van der Waals surface area contributed by atoms with Gasteiger partial charge in [-0.25, -0.2) is 0 Å². The van der Waals surface area contributed by atoms with E-state index in [1.54, 1.807) is 0 Å². The zero-order valence-electron chi connectivity index (χ0n) is 12.4. The van der Waals surface area contributed by atoms with Crippen LogP contribution in [0.1, 0.15) is 25.0 Å². The molecule has 0 N–H and O–H groups in total. The molecular formula is C18H23NSi. The largest absolute Gasteiger partial charge is 0.326 e. The van der Waals surface area contributed by atoms with E-state index in [1.165, 1.54) is 16.7 Å². The number of hydrogen-bond donors (Lipinski definition) is 0. The Morgan fingerprint density at radius 3 is 1.70 bits per heavy atom. The van der Waals surface area contributed by atoms with E-state index in [0.717, 1.165) is 13.1 Å². The lowest BCUT2D eigenvalue weighted by Gasteiger charge is -2.17. The van der Waals surface area contributed by atoms with Crippen molar-refractivity contribution in [2.75, 3.05) is 13.1 Å². The molecule has 0 amide bonds. The molecule has 104 valence electrons. The summed E-state index contributed by atoms with van der Waals surface area (Å²) in [6.07, 6.45) is 0. The summed E-state index contributed by atoms with van der Waals surface area (Å²) in [5, 5.41) is 0. The van der Waals surface area contributed by atoms with E-state index < -0.39 is 0 Å². The molecule has 1 nitrogen and oxygen atoms in total. The molecule has 2 aromatic carbocycles. The SMILES string of the molecule is CCN(CC)[SiH2]C=C(c1ccccc1)c1ccccc1. The molecule has 0 saturated carbocycles. The number of rotatable bonds is 6. The molecular weight excluding hydrogens is 258 g/mol. The lowest BCUT2D eigenvalue weighted by molar-refractivity contribution is 0.498. The third-order valence-electron chi connectivity index (χ3n) is 3.62. The maximum absolute atomic E-state index is 2.56. The van der Waals surface area contributed by atoms with Crippen LogP contribution in [0.5, 0.6) is 0 Å². The van der Waals surface area contributed by atoms with E-state index in [-0.39, 0.29) is 9.68 Å². The van der Waals surface area contributed by atoms with E-state index in [1.807, 2.05) is 0 Å². The van der Waals surface area contributed by atoms with Crippen molar-refractivity contribution in [2.24, 2.45) is 0 Å². The van der Waals surface area contributed by atoms with Gasteiger partial charge in [-0.15, -0.1) is 0 Å². The molecule has 0 aliphatic carbocycles. The van der Waals surface area contributed by atoms with Crippen LogP contribution in [0.25, 0.3) is 5.57 Å². The highest BCUT2D eigenvalue weighted by Gasteiger charge is 2.05. The van der Waals surface area contributed by atoms with Crippen LogP contribution >= 0.6 is 0 Å². The Morgan fingerprint density at radius 1 is 0.850 bits per heavy atom. The number of benzene rings is 2. The summed E-state index contributed by atoms with van der Waals surface area (Å²) in [7, 11) is -0.339. The lowest BCUT2D eigenvalue weighted by Crippen LogP contribution is -2.26. The topological polar surface area (TPSA) is 3.24 Å². The monoisotopic (exact) mass is 281 g/mol. The van der Waals surface area contributed by atoms with Gasteiger partial charge in [0.25, 0.3) is 0 Å². The summed E-state index contributed by atoms with van der Waals surface area (Å²) in [5.74, 6) is 0. The fraction of sp³-hybridized carbons (Fsp3) is 0.222. The minimum Gasteiger partial charge on any atom is -0.326 e. The van der Waals surface area contributed by atoms with Crippen molar-refractivity contribution < 1.29 is 0 Å². The van der Waals surface area contributed by atoms with Crippen LogP contribution in [0.4, 0.5) is 0 Å². The molecule has 0 radical (unpaired) electrons. The van der Waals surface area contributed by atoms with Gasteiger partial charge in [-0.1, -0.05) is 80.2 Å². The molecule has 0 aliphatic heterocycles. The van der Waals surface area contributed by atoms with E-state index in [2.05, 4.69) is 84.8 Å². The quantitative estimate of drug-likeness (QED) is 0.733. The summed E-state index contributed by atoms with van der Waals surface area (Å²) in [4.78, 5) is 0. The van der Waals surface area contributed by atoms with Crippen molar-refractivity contribution in [3.63, 3.8) is 0 Å². The highest BCUT2D eigenvalue weighted by molar-refractivity contribution is 6.41. The molecule has 0 fully saturated rings. The van der Waals surface area contributed by atoms with Crippen LogP contribution in [0.2, 0.25) is 0 Å². The second-order valence-electron chi connectivity index (χ2n) is 4.84. The Morgan fingerprint density at radius 2 is 1.30 bits per heavy atom. The number of nitrogens with zero attached hydrogens (tertiary/aromatic N) is 1. The van der Waals surface area contributed by atoms with Gasteiger partial charge in [0, 0.05) is 0 Å². The van der Waals surface area contributed by atoms with Gasteiger partial charge in [-0.2, -0.15) is 0 Å². The minimum absolute atomic E-state index is 0.339. The maximum Gasteiger partial charge on any atom is 0.120 e. The van der Waals surface area contributed by atoms with Gasteiger partial charge in [-0.3, -0.25) is 0 Å². The van der Waals surface area contributed by atoms with Crippen molar-refractivity contribution >= 4 is 15.3 Å². The molecule has 0 spiro atoms. The molecule has 0 aliphatic rings. The van der Waals surface area contributed by atoms with E-state index >= 15 is 0 Å². The Bertz CT molecular complexity index is 488. The molecule has 0 bridgehead atoms. The molecule has 0 unspecified atom stereocenters. The molecule has 0 heterocycles. The second-order valence-corrected chi connectivity index (χ2v) is 6.50. The predicted molar refractivity (Wildman–Crippen MR) is 91.4 cm³/mol. The van der Waals surface area contributed by atoms with Crippen molar-refractivity contribution in [3.05, 3.63) is 77.5 Å². The average molecular weight is 281 g/mol. The summed E-state index contributed by atoms with van der Waals surface area (Å²) in [6.45, 7) is 6.79. The zero-order chi connectivity index (χ0) is 14.2. The Kier molecular flexibility index (Phi) is 5.78. The standard InChI is InChI=1S/C18H23NSi/c1-3-19(4-2)20-15-18(16-11-7-5-8-12-16)17-13-9-6-10-14-17/h5-15H,3-4,20H2,1-2H3. The van der Waals surface area contributed by atoms with Gasteiger partial charge >= 0.3 is 0 Å². The lowest BCUT2D eigenvalue weighted by atomic mass is 10.00. The molecule has 2 rings (SSSR count). The molecule has 2 aromatic rings. The van der Waals surface area contributed by atoms with Crippen LogP contribution in [0, 0.1) is 0 Å². The van der Waals surface area contributed by atoms with Gasteiger partial charge < -0.3 is 4.57 Å². The van der Waals surface area contributed by atoms with Crippen LogP contribution in [-0.4, -0.2) is 27.3 Å². The minimum atomic E-state index is -0.339. The zero-order valence-corrected chi connectivity index (χ0v) is 13.8. The Labute approximate surface area is 124 Å². The summed E-state index contributed by atoms with van der Waals surface area (Å²) >= 11 is 0. The third-order valence-corrected chi connectivity index (χ3v) is 5.62. The second kappa shape index (κ2) is 7.83. The smallest absolute Gasteiger partial charge is 0.120 e. The molecule has 0 saturated heterocycles. The highest BCUT2D eigenvalue weighted by Crippen LogP contribution is 2.22. The predicted octanol–water partition coefficient (Wildman–Crippen LogP) is 3.50. The Hall–Kier alpha value is -1.64. The first-order valence-electron chi connectivity index (χ1n) is 7.38. The van der Waals surface area contributed by atoms with Crippen molar-refractivity contribution in [1.29, 1.82) is 0 Å². The normalized spacial score (nSPS) is 11.2. The molecule has 20 heavy (non-hydrogen) atoms. The van der Waals surface area contributed by atoms with E-state index in [9.17, 15) is 0 Å². The fourth-order valence-electron chi connectivity index (χ4n) is 2.34. The highest BCUT2D eigenvalue weighted by atomic mass is 28.2. The van der Waals surface area contributed by atoms with Gasteiger partial charge in [0.05, 0.1) is 0 Å². The first-order valence-corrected chi connectivity index (χ1v) is 8.83. The third kappa shape index (κ3) is 3.92. The number of hydrogen-bond acceptors (Lipinski definition) is 1. The summed E-state index contributed by atoms with van der Waals surface area (Å²) in [5.41, 5.74) is 6.50. The first kappa shape index (κ1) is 14.8. The molecule has 2 heteroatoms. The van der Waals surface area contributed by atoms with Gasteiger partial charge in [0.2, 0.25) is 0 Å². The summed E-state index contributed by atoms with van der Waals surface area (Å²) in [6, 6.07) is 21.4. The fourth-order valence-corrected chi connectivity index (χ4v) is 3.77. The van der Waals surface area contributed by atoms with E-state index in [4.69, 9.17) is 0 Å². The van der Waals surface area contributed by atoms with Gasteiger partial charge in [0.1, 0.15) is 9.68 Å².